The molecule has 0 spiro atoms. The molecule has 1 amide bonds. The second-order valence-electron chi connectivity index (χ2n) is 7.88. The van der Waals surface area contributed by atoms with E-state index in [1.807, 2.05) is 0 Å². The third-order valence-electron chi connectivity index (χ3n) is 5.78. The summed E-state index contributed by atoms with van der Waals surface area (Å²) in [4.78, 5) is 16.0. The van der Waals surface area contributed by atoms with Crippen LogP contribution in [-0.4, -0.2) is 73.7 Å². The number of piperidine rings is 2. The van der Waals surface area contributed by atoms with Gasteiger partial charge in [-0.15, -0.1) is 0 Å². The zero-order valence-electron chi connectivity index (χ0n) is 16.8. The van der Waals surface area contributed by atoms with Crippen molar-refractivity contribution in [2.45, 2.75) is 50.0 Å². The topological polar surface area (TPSA) is 60.9 Å². The summed E-state index contributed by atoms with van der Waals surface area (Å²) in [6.45, 7) is 5.31. The molecule has 1 aromatic rings. The first-order valence-electron chi connectivity index (χ1n) is 10.2. The second-order valence-corrected chi connectivity index (χ2v) is 9.82. The van der Waals surface area contributed by atoms with Crippen molar-refractivity contribution in [1.29, 1.82) is 0 Å². The number of amides is 1. The van der Waals surface area contributed by atoms with Crippen molar-refractivity contribution < 1.29 is 22.0 Å². The highest BCUT2D eigenvalue weighted by atomic mass is 32.2. The molecule has 2 saturated heterocycles. The number of carbonyl (C=O) groups excluding carboxylic acids is 1. The molecule has 0 bridgehead atoms. The summed E-state index contributed by atoms with van der Waals surface area (Å²) < 4.78 is 54.1. The van der Waals surface area contributed by atoms with Crippen LogP contribution in [0.3, 0.4) is 0 Å². The normalized spacial score (nSPS) is 21.8. The third kappa shape index (κ3) is 5.52. The number of halogens is 2. The monoisotopic (exact) mass is 429 g/mol. The Balaban J connectivity index is 1.70. The molecule has 0 aromatic heterocycles. The van der Waals surface area contributed by atoms with Crippen LogP contribution in [0.4, 0.5) is 8.78 Å². The Labute approximate surface area is 171 Å². The van der Waals surface area contributed by atoms with Gasteiger partial charge in [0.05, 0.1) is 4.90 Å². The molecule has 162 valence electrons. The number of rotatable bonds is 6. The summed E-state index contributed by atoms with van der Waals surface area (Å²) in [5.41, 5.74) is 0. The minimum atomic E-state index is -4.03. The van der Waals surface area contributed by atoms with E-state index in [1.54, 1.807) is 4.90 Å². The molecule has 1 atom stereocenters. The van der Waals surface area contributed by atoms with E-state index in [4.69, 9.17) is 0 Å². The SMILES string of the molecule is CC(=O)N(CCN1CCCCC1)C1CCCN(S(=O)(=O)c2cc(F)cc(F)c2)C1. The van der Waals surface area contributed by atoms with Crippen LogP contribution >= 0.6 is 0 Å². The molecule has 0 aliphatic carbocycles. The number of hydrogen-bond donors (Lipinski definition) is 0. The first-order chi connectivity index (χ1) is 13.8. The highest BCUT2D eigenvalue weighted by Crippen LogP contribution is 2.24. The van der Waals surface area contributed by atoms with Crippen LogP contribution in [0, 0.1) is 11.6 Å². The van der Waals surface area contributed by atoms with Crippen molar-refractivity contribution in [3.8, 4) is 0 Å². The Morgan fingerprint density at radius 3 is 2.34 bits per heavy atom. The lowest BCUT2D eigenvalue weighted by atomic mass is 10.1. The van der Waals surface area contributed by atoms with Gasteiger partial charge in [0.15, 0.2) is 0 Å². The summed E-state index contributed by atoms with van der Waals surface area (Å²) in [6, 6.07) is 2.08. The molecule has 0 N–H and O–H groups in total. The highest BCUT2D eigenvalue weighted by molar-refractivity contribution is 7.89. The summed E-state index contributed by atoms with van der Waals surface area (Å²) in [5.74, 6) is -1.93. The van der Waals surface area contributed by atoms with E-state index in [0.717, 1.165) is 31.8 Å². The zero-order chi connectivity index (χ0) is 21.0. The Hall–Kier alpha value is -1.58. The minimum absolute atomic E-state index is 0.0805. The molecule has 0 saturated carbocycles. The molecule has 2 aliphatic heterocycles. The van der Waals surface area contributed by atoms with Gasteiger partial charge in [0, 0.05) is 45.2 Å². The number of sulfonamides is 1. The van der Waals surface area contributed by atoms with Gasteiger partial charge < -0.3 is 9.80 Å². The molecule has 1 unspecified atom stereocenters. The van der Waals surface area contributed by atoms with Gasteiger partial charge in [-0.3, -0.25) is 4.79 Å². The van der Waals surface area contributed by atoms with E-state index >= 15 is 0 Å². The van der Waals surface area contributed by atoms with E-state index < -0.39 is 26.6 Å². The fraction of sp³-hybridized carbons (Fsp3) is 0.650. The molecule has 3 rings (SSSR count). The maximum atomic E-state index is 13.5. The lowest BCUT2D eigenvalue weighted by Crippen LogP contribution is -2.53. The van der Waals surface area contributed by atoms with Crippen molar-refractivity contribution in [1.82, 2.24) is 14.1 Å². The number of likely N-dealkylation sites (tertiary alicyclic amines) is 1. The van der Waals surface area contributed by atoms with E-state index in [2.05, 4.69) is 4.90 Å². The van der Waals surface area contributed by atoms with Gasteiger partial charge in [-0.1, -0.05) is 6.42 Å². The van der Waals surface area contributed by atoms with Gasteiger partial charge in [0.1, 0.15) is 11.6 Å². The van der Waals surface area contributed by atoms with Crippen LogP contribution in [0.5, 0.6) is 0 Å². The van der Waals surface area contributed by atoms with Gasteiger partial charge in [-0.05, 0) is 50.9 Å². The van der Waals surface area contributed by atoms with E-state index in [0.29, 0.717) is 25.5 Å². The van der Waals surface area contributed by atoms with Gasteiger partial charge in [0.2, 0.25) is 15.9 Å². The summed E-state index contributed by atoms with van der Waals surface area (Å²) in [6.07, 6.45) is 4.88. The molecule has 29 heavy (non-hydrogen) atoms. The predicted molar refractivity (Wildman–Crippen MR) is 106 cm³/mol. The van der Waals surface area contributed by atoms with Crippen molar-refractivity contribution in [2.24, 2.45) is 0 Å². The molecule has 2 fully saturated rings. The van der Waals surface area contributed by atoms with Crippen LogP contribution in [0.1, 0.15) is 39.0 Å². The fourth-order valence-electron chi connectivity index (χ4n) is 4.25. The molecule has 1 aromatic carbocycles. The molecule has 9 heteroatoms. The van der Waals surface area contributed by atoms with Crippen LogP contribution in [0.25, 0.3) is 0 Å². The summed E-state index contributed by atoms with van der Waals surface area (Å²) in [7, 11) is -4.03. The van der Waals surface area contributed by atoms with Gasteiger partial charge in [-0.25, -0.2) is 17.2 Å². The Bertz CT molecular complexity index is 808. The van der Waals surface area contributed by atoms with Crippen molar-refractivity contribution >= 4 is 15.9 Å². The molecule has 2 heterocycles. The Morgan fingerprint density at radius 1 is 1.07 bits per heavy atom. The average molecular weight is 430 g/mol. The fourth-order valence-corrected chi connectivity index (χ4v) is 5.81. The average Bonchev–Trinajstić information content (AvgIpc) is 2.68. The Morgan fingerprint density at radius 2 is 1.72 bits per heavy atom. The smallest absolute Gasteiger partial charge is 0.243 e. The first-order valence-corrected chi connectivity index (χ1v) is 11.7. The van der Waals surface area contributed by atoms with Gasteiger partial charge in [0.25, 0.3) is 0 Å². The number of benzene rings is 1. The molecule has 2 aliphatic rings. The largest absolute Gasteiger partial charge is 0.337 e. The van der Waals surface area contributed by atoms with Crippen molar-refractivity contribution in [2.75, 3.05) is 39.3 Å². The lowest BCUT2D eigenvalue weighted by molar-refractivity contribution is -0.132. The van der Waals surface area contributed by atoms with E-state index in [1.165, 1.54) is 30.5 Å². The summed E-state index contributed by atoms with van der Waals surface area (Å²) in [5, 5.41) is 0. The number of carbonyl (C=O) groups is 1. The highest BCUT2D eigenvalue weighted by Gasteiger charge is 2.34. The third-order valence-corrected chi connectivity index (χ3v) is 7.63. The number of nitrogens with zero attached hydrogens (tertiary/aromatic N) is 3. The van der Waals surface area contributed by atoms with Crippen LogP contribution in [-0.2, 0) is 14.8 Å². The maximum absolute atomic E-state index is 13.5. The summed E-state index contributed by atoms with van der Waals surface area (Å²) >= 11 is 0. The second kappa shape index (κ2) is 9.49. The van der Waals surface area contributed by atoms with Crippen LogP contribution in [0.2, 0.25) is 0 Å². The lowest BCUT2D eigenvalue weighted by Gasteiger charge is -2.39. The molecule has 6 nitrogen and oxygen atoms in total. The van der Waals surface area contributed by atoms with Crippen molar-refractivity contribution in [3.63, 3.8) is 0 Å². The molecular formula is C20H29F2N3O3S. The zero-order valence-corrected chi connectivity index (χ0v) is 17.6. The van der Waals surface area contributed by atoms with Crippen LogP contribution in [0.15, 0.2) is 23.1 Å². The maximum Gasteiger partial charge on any atom is 0.243 e. The Kier molecular flexibility index (Phi) is 7.23. The quantitative estimate of drug-likeness (QED) is 0.697. The van der Waals surface area contributed by atoms with E-state index in [9.17, 15) is 22.0 Å². The van der Waals surface area contributed by atoms with Gasteiger partial charge in [-0.2, -0.15) is 4.31 Å². The van der Waals surface area contributed by atoms with E-state index in [-0.39, 0.29) is 25.0 Å². The molecule has 0 radical (unpaired) electrons. The van der Waals surface area contributed by atoms with Crippen molar-refractivity contribution in [3.05, 3.63) is 29.8 Å². The standard InChI is InChI=1S/C20H29F2N3O3S/c1-16(26)25(11-10-23-7-3-2-4-8-23)19-6-5-9-24(15-19)29(27,28)20-13-17(21)12-18(22)14-20/h12-14,19H,2-11,15H2,1H3. The predicted octanol–water partition coefficient (Wildman–Crippen LogP) is 2.45. The first kappa shape index (κ1) is 22.1. The van der Waals surface area contributed by atoms with Gasteiger partial charge >= 0.3 is 0 Å². The van der Waals surface area contributed by atoms with Crippen LogP contribution < -0.4 is 0 Å². The number of hydrogen-bond acceptors (Lipinski definition) is 4. The minimum Gasteiger partial charge on any atom is -0.337 e. The molecular weight excluding hydrogens is 400 g/mol.